The van der Waals surface area contributed by atoms with Crippen molar-refractivity contribution in [2.24, 2.45) is 0 Å². The maximum absolute atomic E-state index is 12.0. The van der Waals surface area contributed by atoms with E-state index in [9.17, 15) is 4.79 Å². The van der Waals surface area contributed by atoms with E-state index in [0.29, 0.717) is 0 Å². The van der Waals surface area contributed by atoms with Gasteiger partial charge in [-0.2, -0.15) is 0 Å². The number of carbonyl (C=O) groups is 1. The van der Waals surface area contributed by atoms with Crippen LogP contribution in [0.25, 0.3) is 0 Å². The van der Waals surface area contributed by atoms with E-state index in [1.54, 1.807) is 0 Å². The molecule has 0 aromatic carbocycles. The van der Waals surface area contributed by atoms with Crippen molar-refractivity contribution < 1.29 is 4.79 Å². The minimum atomic E-state index is -0.494. The zero-order valence-electron chi connectivity index (χ0n) is 12.3. The lowest BCUT2D eigenvalue weighted by Gasteiger charge is -2.29. The van der Waals surface area contributed by atoms with E-state index >= 15 is 0 Å². The summed E-state index contributed by atoms with van der Waals surface area (Å²) in [5.74, 6) is 0.0685. The van der Waals surface area contributed by atoms with Crippen molar-refractivity contribution in [1.29, 1.82) is 0 Å². The van der Waals surface area contributed by atoms with E-state index in [-0.39, 0.29) is 11.9 Å². The fraction of sp³-hybridized carbons (Fsp3) is 0.923. The smallest absolute Gasteiger partial charge is 0.239 e. The van der Waals surface area contributed by atoms with Gasteiger partial charge in [0.15, 0.2) is 0 Å². The number of hydrogen-bond acceptors (Lipinski definition) is 3. The lowest BCUT2D eigenvalue weighted by Crippen LogP contribution is -2.55. The molecule has 17 heavy (non-hydrogen) atoms. The molecule has 0 aliphatic heterocycles. The molecule has 4 heteroatoms. The number of rotatable bonds is 8. The standard InChI is InChI=1S/C13H29N3O/c1-7-14-13(5,6)12(17)15-11(4)10-16(8-2)9-3/h11,14H,7-10H2,1-6H3,(H,15,17). The van der Waals surface area contributed by atoms with E-state index in [1.807, 2.05) is 20.8 Å². The summed E-state index contributed by atoms with van der Waals surface area (Å²) in [5, 5.41) is 6.24. The first-order valence-electron chi connectivity index (χ1n) is 6.65. The number of hydrogen-bond donors (Lipinski definition) is 2. The second-order valence-corrected chi connectivity index (χ2v) is 5.02. The molecule has 0 aliphatic rings. The first-order valence-corrected chi connectivity index (χ1v) is 6.65. The van der Waals surface area contributed by atoms with Gasteiger partial charge in [0.2, 0.25) is 5.91 Å². The average Bonchev–Trinajstić information content (AvgIpc) is 2.25. The third-order valence-corrected chi connectivity index (χ3v) is 2.99. The lowest BCUT2D eigenvalue weighted by atomic mass is 10.0. The Morgan fingerprint density at radius 2 is 1.76 bits per heavy atom. The molecular weight excluding hydrogens is 214 g/mol. The molecule has 0 aromatic rings. The van der Waals surface area contributed by atoms with Crippen LogP contribution in [0.1, 0.15) is 41.5 Å². The van der Waals surface area contributed by atoms with Gasteiger partial charge in [0.05, 0.1) is 5.54 Å². The van der Waals surface area contributed by atoms with Crippen LogP contribution in [-0.4, -0.2) is 48.6 Å². The Hall–Kier alpha value is -0.610. The predicted octanol–water partition coefficient (Wildman–Crippen LogP) is 1.22. The van der Waals surface area contributed by atoms with Crippen LogP contribution in [0.4, 0.5) is 0 Å². The molecule has 1 amide bonds. The van der Waals surface area contributed by atoms with Crippen molar-refractivity contribution in [2.45, 2.75) is 53.1 Å². The first-order chi connectivity index (χ1) is 7.87. The Balaban J connectivity index is 4.19. The molecule has 1 unspecified atom stereocenters. The molecule has 4 nitrogen and oxygen atoms in total. The molecule has 0 saturated carbocycles. The molecule has 0 radical (unpaired) electrons. The molecule has 0 fully saturated rings. The number of amides is 1. The van der Waals surface area contributed by atoms with Crippen LogP contribution in [0, 0.1) is 0 Å². The van der Waals surface area contributed by atoms with Gasteiger partial charge in [-0.05, 0) is 40.4 Å². The molecule has 1 atom stereocenters. The van der Waals surface area contributed by atoms with Gasteiger partial charge in [0.1, 0.15) is 0 Å². The van der Waals surface area contributed by atoms with Gasteiger partial charge < -0.3 is 15.5 Å². The van der Waals surface area contributed by atoms with Crippen molar-refractivity contribution in [3.05, 3.63) is 0 Å². The number of nitrogens with one attached hydrogen (secondary N) is 2. The van der Waals surface area contributed by atoms with Gasteiger partial charge in [-0.25, -0.2) is 0 Å². The summed E-state index contributed by atoms with van der Waals surface area (Å²) in [7, 11) is 0. The van der Waals surface area contributed by atoms with Crippen LogP contribution in [0.3, 0.4) is 0 Å². The van der Waals surface area contributed by atoms with Crippen LogP contribution in [0.2, 0.25) is 0 Å². The lowest BCUT2D eigenvalue weighted by molar-refractivity contribution is -0.127. The van der Waals surface area contributed by atoms with Crippen molar-refractivity contribution in [3.63, 3.8) is 0 Å². The van der Waals surface area contributed by atoms with Gasteiger partial charge in [-0.1, -0.05) is 20.8 Å². The third kappa shape index (κ3) is 6.03. The maximum atomic E-state index is 12.0. The molecule has 0 aromatic heterocycles. The molecule has 0 heterocycles. The fourth-order valence-corrected chi connectivity index (χ4v) is 1.84. The topological polar surface area (TPSA) is 44.4 Å². The van der Waals surface area contributed by atoms with Gasteiger partial charge in [0, 0.05) is 12.6 Å². The Bertz CT molecular complexity index is 225. The van der Waals surface area contributed by atoms with E-state index in [0.717, 1.165) is 26.2 Å². The summed E-state index contributed by atoms with van der Waals surface area (Å²) < 4.78 is 0. The van der Waals surface area contributed by atoms with Crippen molar-refractivity contribution in [2.75, 3.05) is 26.2 Å². The molecule has 102 valence electrons. The SMILES string of the molecule is CCNC(C)(C)C(=O)NC(C)CN(CC)CC. The summed E-state index contributed by atoms with van der Waals surface area (Å²) in [5.41, 5.74) is -0.494. The molecule has 0 spiro atoms. The summed E-state index contributed by atoms with van der Waals surface area (Å²) >= 11 is 0. The third-order valence-electron chi connectivity index (χ3n) is 2.99. The quantitative estimate of drug-likeness (QED) is 0.674. The zero-order valence-corrected chi connectivity index (χ0v) is 12.3. The van der Waals surface area contributed by atoms with Gasteiger partial charge in [-0.15, -0.1) is 0 Å². The highest BCUT2D eigenvalue weighted by molar-refractivity contribution is 5.85. The van der Waals surface area contributed by atoms with Gasteiger partial charge >= 0.3 is 0 Å². The molecule has 2 N–H and O–H groups in total. The highest BCUT2D eigenvalue weighted by Gasteiger charge is 2.27. The van der Waals surface area contributed by atoms with E-state index < -0.39 is 5.54 Å². The van der Waals surface area contributed by atoms with Gasteiger partial charge in [-0.3, -0.25) is 4.79 Å². The summed E-state index contributed by atoms with van der Waals surface area (Å²) in [6.45, 7) is 15.9. The number of nitrogens with zero attached hydrogens (tertiary/aromatic N) is 1. The van der Waals surface area contributed by atoms with Crippen LogP contribution in [0.15, 0.2) is 0 Å². The van der Waals surface area contributed by atoms with Crippen molar-refractivity contribution in [1.82, 2.24) is 15.5 Å². The molecule has 0 rings (SSSR count). The minimum absolute atomic E-state index is 0.0685. The second-order valence-electron chi connectivity index (χ2n) is 5.02. The van der Waals surface area contributed by atoms with Gasteiger partial charge in [0.25, 0.3) is 0 Å². The monoisotopic (exact) mass is 243 g/mol. The summed E-state index contributed by atoms with van der Waals surface area (Å²) in [6, 6.07) is 0.181. The van der Waals surface area contributed by atoms with Crippen molar-refractivity contribution >= 4 is 5.91 Å². The second kappa shape index (κ2) is 7.67. The van der Waals surface area contributed by atoms with Crippen LogP contribution in [-0.2, 0) is 4.79 Å². The highest BCUT2D eigenvalue weighted by Crippen LogP contribution is 2.02. The van der Waals surface area contributed by atoms with E-state index in [1.165, 1.54) is 0 Å². The Kier molecular flexibility index (Phi) is 7.39. The van der Waals surface area contributed by atoms with Crippen molar-refractivity contribution in [3.8, 4) is 0 Å². The zero-order chi connectivity index (χ0) is 13.5. The van der Waals surface area contributed by atoms with E-state index in [2.05, 4.69) is 36.3 Å². The Morgan fingerprint density at radius 3 is 2.18 bits per heavy atom. The predicted molar refractivity (Wildman–Crippen MR) is 73.1 cm³/mol. The van der Waals surface area contributed by atoms with Crippen LogP contribution in [0.5, 0.6) is 0 Å². The molecule has 0 bridgehead atoms. The summed E-state index contributed by atoms with van der Waals surface area (Å²) in [4.78, 5) is 14.3. The maximum Gasteiger partial charge on any atom is 0.239 e. The average molecular weight is 243 g/mol. The molecular formula is C13H29N3O. The largest absolute Gasteiger partial charge is 0.351 e. The minimum Gasteiger partial charge on any atom is -0.351 e. The Morgan fingerprint density at radius 1 is 1.24 bits per heavy atom. The number of likely N-dealkylation sites (N-methyl/N-ethyl adjacent to an activating group) is 2. The van der Waals surface area contributed by atoms with E-state index in [4.69, 9.17) is 0 Å². The van der Waals surface area contributed by atoms with Crippen LogP contribution >= 0.6 is 0 Å². The fourth-order valence-electron chi connectivity index (χ4n) is 1.84. The highest BCUT2D eigenvalue weighted by atomic mass is 16.2. The number of carbonyl (C=O) groups excluding carboxylic acids is 1. The normalized spacial score (nSPS) is 13.8. The molecule has 0 aliphatic carbocycles. The Labute approximate surface area is 106 Å². The molecule has 0 saturated heterocycles. The summed E-state index contributed by atoms with van der Waals surface area (Å²) in [6.07, 6.45) is 0. The first kappa shape index (κ1) is 16.4. The van der Waals surface area contributed by atoms with Crippen LogP contribution < -0.4 is 10.6 Å².